The monoisotopic (exact) mass is 251 g/mol. The minimum Gasteiger partial charge on any atom is -0.394 e. The zero-order valence-electron chi connectivity index (χ0n) is 9.49. The maximum absolute atomic E-state index is 11.2. The van der Waals surface area contributed by atoms with E-state index in [4.69, 9.17) is 10.2 Å². The largest absolute Gasteiger partial charge is 0.394 e. The van der Waals surface area contributed by atoms with Gasteiger partial charge in [0.25, 0.3) is 0 Å². The molecule has 0 radical (unpaired) electrons. The van der Waals surface area contributed by atoms with Crippen molar-refractivity contribution in [2.45, 2.75) is 37.9 Å². The predicted molar refractivity (Wildman–Crippen MR) is 54.6 cm³/mol. The first kappa shape index (κ1) is 15.9. The second-order valence-corrected chi connectivity index (χ2v) is 3.69. The van der Waals surface area contributed by atoms with Crippen LogP contribution in [0.1, 0.15) is 13.8 Å². The van der Waals surface area contributed by atoms with Gasteiger partial charge in [-0.05, 0) is 6.92 Å². The number of amides is 1. The Morgan fingerprint density at radius 2 is 1.71 bits per heavy atom. The molecule has 8 nitrogen and oxygen atoms in total. The summed E-state index contributed by atoms with van der Waals surface area (Å²) in [6.45, 7) is 0.999. The van der Waals surface area contributed by atoms with Crippen LogP contribution in [0.5, 0.6) is 0 Å². The molecular formula is C9H17NO7. The molecule has 0 saturated heterocycles. The van der Waals surface area contributed by atoms with Gasteiger partial charge in [-0.25, -0.2) is 0 Å². The van der Waals surface area contributed by atoms with Crippen LogP contribution in [0.2, 0.25) is 0 Å². The van der Waals surface area contributed by atoms with Gasteiger partial charge in [0.15, 0.2) is 5.78 Å². The van der Waals surface area contributed by atoms with Crippen molar-refractivity contribution in [1.82, 2.24) is 5.32 Å². The number of carbonyl (C=O) groups is 2. The second-order valence-electron chi connectivity index (χ2n) is 3.69. The molecular weight excluding hydrogens is 234 g/mol. The van der Waals surface area contributed by atoms with Crippen LogP contribution >= 0.6 is 0 Å². The molecule has 8 heteroatoms. The lowest BCUT2D eigenvalue weighted by Gasteiger charge is -2.34. The average molecular weight is 251 g/mol. The lowest BCUT2D eigenvalue weighted by molar-refractivity contribution is -0.183. The predicted octanol–water partition coefficient (Wildman–Crippen LogP) is -3.52. The van der Waals surface area contributed by atoms with Crippen molar-refractivity contribution < 1.29 is 35.1 Å². The van der Waals surface area contributed by atoms with Gasteiger partial charge in [-0.15, -0.1) is 0 Å². The molecule has 6 N–H and O–H groups in total. The van der Waals surface area contributed by atoms with E-state index in [0.29, 0.717) is 0 Å². The van der Waals surface area contributed by atoms with E-state index in [1.807, 2.05) is 0 Å². The van der Waals surface area contributed by atoms with Gasteiger partial charge in [-0.3, -0.25) is 9.59 Å². The third kappa shape index (κ3) is 3.72. The third-order valence-corrected chi connectivity index (χ3v) is 2.24. The number of hydrogen-bond acceptors (Lipinski definition) is 7. The number of aliphatic hydroxyl groups is 5. The maximum Gasteiger partial charge on any atom is 0.227 e. The van der Waals surface area contributed by atoms with Crippen LogP contribution in [0.15, 0.2) is 0 Å². The summed E-state index contributed by atoms with van der Waals surface area (Å²) < 4.78 is 0. The van der Waals surface area contributed by atoms with Gasteiger partial charge in [0, 0.05) is 6.92 Å². The number of hydrogen-bond donors (Lipinski definition) is 6. The molecule has 0 aliphatic rings. The first-order valence-electron chi connectivity index (χ1n) is 4.84. The summed E-state index contributed by atoms with van der Waals surface area (Å²) in [6, 6.07) is 0. The third-order valence-electron chi connectivity index (χ3n) is 2.24. The van der Waals surface area contributed by atoms with E-state index in [2.05, 4.69) is 0 Å². The zero-order chi connectivity index (χ0) is 13.8. The van der Waals surface area contributed by atoms with Crippen LogP contribution in [-0.2, 0) is 9.59 Å². The van der Waals surface area contributed by atoms with Crippen molar-refractivity contribution in [2.75, 3.05) is 6.61 Å². The van der Waals surface area contributed by atoms with E-state index in [9.17, 15) is 24.9 Å². The molecule has 1 amide bonds. The fourth-order valence-corrected chi connectivity index (χ4v) is 1.20. The van der Waals surface area contributed by atoms with Gasteiger partial charge < -0.3 is 30.8 Å². The molecule has 0 aromatic carbocycles. The molecule has 0 saturated carbocycles. The van der Waals surface area contributed by atoms with E-state index >= 15 is 0 Å². The highest BCUT2D eigenvalue weighted by atomic mass is 16.4. The Hall–Kier alpha value is -1.06. The molecule has 0 rings (SSSR count). The van der Waals surface area contributed by atoms with Gasteiger partial charge in [-0.2, -0.15) is 0 Å². The van der Waals surface area contributed by atoms with E-state index in [0.717, 1.165) is 13.8 Å². The second kappa shape index (κ2) is 6.03. The van der Waals surface area contributed by atoms with Crippen LogP contribution in [0.4, 0.5) is 0 Å². The molecule has 0 aliphatic heterocycles. The highest BCUT2D eigenvalue weighted by molar-refractivity contribution is 5.89. The molecule has 0 fully saturated rings. The van der Waals surface area contributed by atoms with Crippen LogP contribution in [0.25, 0.3) is 0 Å². The number of rotatable bonds is 6. The zero-order valence-corrected chi connectivity index (χ0v) is 9.49. The van der Waals surface area contributed by atoms with Gasteiger partial charge in [0.05, 0.1) is 6.61 Å². The van der Waals surface area contributed by atoms with Crippen LogP contribution in [0, 0.1) is 0 Å². The van der Waals surface area contributed by atoms with E-state index in [1.165, 1.54) is 0 Å². The highest BCUT2D eigenvalue weighted by Gasteiger charge is 2.47. The van der Waals surface area contributed by atoms with E-state index in [1.54, 1.807) is 5.32 Å². The Bertz CT molecular complexity index is 295. The number of aliphatic hydroxyl groups excluding tert-OH is 4. The number of ketones is 1. The highest BCUT2D eigenvalue weighted by Crippen LogP contribution is 2.15. The minimum atomic E-state index is -2.72. The molecule has 0 spiro atoms. The summed E-state index contributed by atoms with van der Waals surface area (Å²) in [4.78, 5) is 22.0. The summed E-state index contributed by atoms with van der Waals surface area (Å²) in [6.07, 6.45) is -5.93. The summed E-state index contributed by atoms with van der Waals surface area (Å²) in [5.74, 6) is -1.84. The number of Topliss-reactive ketones (excluding diaryl/α,β-unsaturated/α-hetero) is 1. The molecule has 0 aromatic rings. The van der Waals surface area contributed by atoms with Crippen molar-refractivity contribution in [3.63, 3.8) is 0 Å². The fourth-order valence-electron chi connectivity index (χ4n) is 1.20. The first-order valence-corrected chi connectivity index (χ1v) is 4.84. The van der Waals surface area contributed by atoms with E-state index < -0.39 is 42.3 Å². The molecule has 0 aliphatic carbocycles. The van der Waals surface area contributed by atoms with Crippen molar-refractivity contribution in [3.05, 3.63) is 0 Å². The molecule has 17 heavy (non-hydrogen) atoms. The lowest BCUT2D eigenvalue weighted by Crippen LogP contribution is -2.66. The first-order chi connectivity index (χ1) is 7.66. The fraction of sp³-hybridized carbons (Fsp3) is 0.778. The quantitative estimate of drug-likeness (QED) is 0.268. The summed E-state index contributed by atoms with van der Waals surface area (Å²) in [5, 5.41) is 48.1. The van der Waals surface area contributed by atoms with Crippen molar-refractivity contribution in [3.8, 4) is 0 Å². The normalized spacial score (nSPS) is 19.9. The van der Waals surface area contributed by atoms with Gasteiger partial charge >= 0.3 is 0 Å². The molecule has 100 valence electrons. The SMILES string of the molecule is CC(=O)N[C@](O)(C(C)=O)[C@@H](O)[C@H](O)[C@H](O)CO. The molecule has 0 unspecified atom stereocenters. The number of carbonyl (C=O) groups excluding carboxylic acids is 2. The molecule has 0 heterocycles. The Morgan fingerprint density at radius 3 is 2.00 bits per heavy atom. The lowest BCUT2D eigenvalue weighted by atomic mass is 9.94. The molecule has 0 bridgehead atoms. The van der Waals surface area contributed by atoms with E-state index in [-0.39, 0.29) is 0 Å². The van der Waals surface area contributed by atoms with Gasteiger partial charge in [-0.1, -0.05) is 0 Å². The Labute approximate surface area is 97.5 Å². The minimum absolute atomic E-state index is 0.813. The summed E-state index contributed by atoms with van der Waals surface area (Å²) in [7, 11) is 0. The van der Waals surface area contributed by atoms with Crippen LogP contribution < -0.4 is 5.32 Å². The van der Waals surface area contributed by atoms with Crippen molar-refractivity contribution in [2.24, 2.45) is 0 Å². The summed E-state index contributed by atoms with van der Waals surface area (Å²) in [5.41, 5.74) is -2.72. The topological polar surface area (TPSA) is 147 Å². The van der Waals surface area contributed by atoms with Crippen LogP contribution in [0.3, 0.4) is 0 Å². The Morgan fingerprint density at radius 1 is 1.24 bits per heavy atom. The Kier molecular flexibility index (Phi) is 5.66. The smallest absolute Gasteiger partial charge is 0.227 e. The Balaban J connectivity index is 5.06. The van der Waals surface area contributed by atoms with Gasteiger partial charge in [0.2, 0.25) is 11.6 Å². The van der Waals surface area contributed by atoms with Crippen molar-refractivity contribution >= 4 is 11.7 Å². The van der Waals surface area contributed by atoms with Gasteiger partial charge in [0.1, 0.15) is 18.3 Å². The summed E-state index contributed by atoms with van der Waals surface area (Å²) >= 11 is 0. The number of nitrogens with one attached hydrogen (secondary N) is 1. The van der Waals surface area contributed by atoms with Crippen molar-refractivity contribution in [1.29, 1.82) is 0 Å². The standard InChI is InChI=1S/C9H17NO7/c1-4(12)9(17,10-5(2)13)8(16)7(15)6(14)3-11/h6-8,11,14-17H,3H2,1-2H3,(H,10,13)/t6-,7-,8+,9+/m1/s1. The molecule has 0 aromatic heterocycles. The maximum atomic E-state index is 11.2. The van der Waals surface area contributed by atoms with Crippen LogP contribution in [-0.4, -0.2) is 67.9 Å². The average Bonchev–Trinajstić information content (AvgIpc) is 2.24. The molecule has 4 atom stereocenters.